The summed E-state index contributed by atoms with van der Waals surface area (Å²) in [7, 11) is 0. The predicted octanol–water partition coefficient (Wildman–Crippen LogP) is 1.41. The number of benzene rings is 1. The second kappa shape index (κ2) is 6.47. The molecule has 0 atom stereocenters. The molecule has 6 nitrogen and oxygen atoms in total. The largest absolute Gasteiger partial charge is 0.375 e. The minimum atomic E-state index is -0.546. The molecule has 0 spiro atoms. The summed E-state index contributed by atoms with van der Waals surface area (Å²) in [5, 5.41) is 15.9. The van der Waals surface area contributed by atoms with Crippen LogP contribution in [0.4, 0.5) is 11.4 Å². The molecule has 0 aromatic heterocycles. The van der Waals surface area contributed by atoms with Crippen molar-refractivity contribution in [3.63, 3.8) is 0 Å². The molecule has 0 bridgehead atoms. The zero-order valence-corrected chi connectivity index (χ0v) is 10.0. The molecule has 1 aromatic rings. The highest BCUT2D eigenvalue weighted by molar-refractivity contribution is 6.33. The number of nitrogens with zero attached hydrogens (tertiary/aromatic N) is 1. The van der Waals surface area contributed by atoms with Gasteiger partial charge in [0.2, 0.25) is 5.91 Å². The Labute approximate surface area is 108 Å². The van der Waals surface area contributed by atoms with Crippen molar-refractivity contribution in [2.75, 3.05) is 18.4 Å². The van der Waals surface area contributed by atoms with Crippen LogP contribution in [0.25, 0.3) is 0 Å². The summed E-state index contributed by atoms with van der Waals surface area (Å²) in [4.78, 5) is 21.2. The zero-order valence-electron chi connectivity index (χ0n) is 9.27. The molecule has 2 N–H and O–H groups in total. The maximum absolute atomic E-state index is 11.2. The van der Waals surface area contributed by atoms with Crippen molar-refractivity contribution >= 4 is 28.9 Å². The van der Waals surface area contributed by atoms with Crippen molar-refractivity contribution in [3.8, 4) is 12.3 Å². The third-order valence-corrected chi connectivity index (χ3v) is 2.30. The van der Waals surface area contributed by atoms with Gasteiger partial charge in [-0.25, -0.2) is 0 Å². The second-order valence-electron chi connectivity index (χ2n) is 3.26. The summed E-state index contributed by atoms with van der Waals surface area (Å²) in [5.41, 5.74) is 0.334. The highest BCUT2D eigenvalue weighted by Crippen LogP contribution is 2.26. The molecule has 0 aliphatic heterocycles. The lowest BCUT2D eigenvalue weighted by molar-refractivity contribution is -0.384. The van der Waals surface area contributed by atoms with Crippen molar-refractivity contribution in [1.82, 2.24) is 5.32 Å². The molecule has 0 fully saturated rings. The Morgan fingerprint density at radius 2 is 2.28 bits per heavy atom. The molecule has 1 amide bonds. The van der Waals surface area contributed by atoms with Crippen molar-refractivity contribution in [3.05, 3.63) is 33.3 Å². The fourth-order valence-corrected chi connectivity index (χ4v) is 1.39. The molecule has 0 unspecified atom stereocenters. The summed E-state index contributed by atoms with van der Waals surface area (Å²) in [6, 6.07) is 3.95. The summed E-state index contributed by atoms with van der Waals surface area (Å²) >= 11 is 5.83. The summed E-state index contributed by atoms with van der Waals surface area (Å²) in [6.45, 7) is 0.133. The minimum absolute atomic E-state index is 0.0147. The number of hydrogen-bond donors (Lipinski definition) is 2. The van der Waals surface area contributed by atoms with Gasteiger partial charge in [0.1, 0.15) is 0 Å². The van der Waals surface area contributed by atoms with E-state index >= 15 is 0 Å². The lowest BCUT2D eigenvalue weighted by Crippen LogP contribution is -2.30. The van der Waals surface area contributed by atoms with Gasteiger partial charge in [0.05, 0.1) is 28.7 Å². The molecule has 7 heteroatoms. The van der Waals surface area contributed by atoms with Crippen LogP contribution in [0.3, 0.4) is 0 Å². The van der Waals surface area contributed by atoms with Gasteiger partial charge >= 0.3 is 0 Å². The maximum atomic E-state index is 11.2. The van der Waals surface area contributed by atoms with Gasteiger partial charge in [0.15, 0.2) is 0 Å². The van der Waals surface area contributed by atoms with Gasteiger partial charge in [-0.15, -0.1) is 6.42 Å². The number of rotatable bonds is 5. The van der Waals surface area contributed by atoms with E-state index < -0.39 is 4.92 Å². The number of nitrogens with one attached hydrogen (secondary N) is 2. The number of halogens is 1. The molecule has 1 rings (SSSR count). The molecule has 1 aromatic carbocycles. The second-order valence-corrected chi connectivity index (χ2v) is 3.66. The first-order valence-electron chi connectivity index (χ1n) is 4.92. The number of carbonyl (C=O) groups excluding carboxylic acids is 1. The molecule has 0 aliphatic rings. The van der Waals surface area contributed by atoms with Crippen LogP contribution in [-0.4, -0.2) is 23.9 Å². The first-order chi connectivity index (χ1) is 8.54. The Morgan fingerprint density at radius 3 is 2.83 bits per heavy atom. The van der Waals surface area contributed by atoms with Gasteiger partial charge in [-0.2, -0.15) is 0 Å². The highest BCUT2D eigenvalue weighted by atomic mass is 35.5. The Kier molecular flexibility index (Phi) is 4.96. The van der Waals surface area contributed by atoms with Crippen LogP contribution < -0.4 is 10.6 Å². The molecular formula is C11H10ClN3O3. The maximum Gasteiger partial charge on any atom is 0.271 e. The van der Waals surface area contributed by atoms with Gasteiger partial charge < -0.3 is 10.6 Å². The van der Waals surface area contributed by atoms with Gasteiger partial charge in [-0.3, -0.25) is 14.9 Å². The predicted molar refractivity (Wildman–Crippen MR) is 68.4 cm³/mol. The number of nitro groups is 1. The number of carbonyl (C=O) groups is 1. The number of hydrogen-bond acceptors (Lipinski definition) is 4. The fraction of sp³-hybridized carbons (Fsp3) is 0.182. The van der Waals surface area contributed by atoms with Crippen molar-refractivity contribution < 1.29 is 9.72 Å². The first kappa shape index (κ1) is 13.8. The monoisotopic (exact) mass is 267 g/mol. The summed E-state index contributed by atoms with van der Waals surface area (Å²) in [6.07, 6.45) is 4.98. The third kappa shape index (κ3) is 3.96. The lowest BCUT2D eigenvalue weighted by Gasteiger charge is -2.07. The standard InChI is InChI=1S/C11H10ClN3O3/c1-2-5-13-11(16)7-14-10-4-3-8(15(17)18)6-9(10)12/h1,3-4,6,14H,5,7H2,(H,13,16). The molecule has 0 heterocycles. The van der Waals surface area contributed by atoms with Gasteiger partial charge in [-0.1, -0.05) is 17.5 Å². The van der Waals surface area contributed by atoms with E-state index in [0.29, 0.717) is 5.69 Å². The molecular weight excluding hydrogens is 258 g/mol. The fourth-order valence-electron chi connectivity index (χ4n) is 1.15. The van der Waals surface area contributed by atoms with Crippen molar-refractivity contribution in [1.29, 1.82) is 0 Å². The van der Waals surface area contributed by atoms with Crippen LogP contribution in [0.1, 0.15) is 0 Å². The topological polar surface area (TPSA) is 84.3 Å². The minimum Gasteiger partial charge on any atom is -0.375 e. The van der Waals surface area contributed by atoms with Crippen molar-refractivity contribution in [2.45, 2.75) is 0 Å². The molecule has 0 saturated carbocycles. The average molecular weight is 268 g/mol. The van der Waals surface area contributed by atoms with E-state index in [1.54, 1.807) is 0 Å². The van der Waals surface area contributed by atoms with Crippen LogP contribution in [0.2, 0.25) is 5.02 Å². The number of amides is 1. The van der Waals surface area contributed by atoms with E-state index in [2.05, 4.69) is 16.6 Å². The first-order valence-corrected chi connectivity index (χ1v) is 5.30. The highest BCUT2D eigenvalue weighted by Gasteiger charge is 2.09. The van der Waals surface area contributed by atoms with Crippen LogP contribution in [0.15, 0.2) is 18.2 Å². The Bertz CT molecular complexity index is 511. The molecule has 94 valence electrons. The summed E-state index contributed by atoms with van der Waals surface area (Å²) < 4.78 is 0. The Morgan fingerprint density at radius 1 is 1.56 bits per heavy atom. The quantitative estimate of drug-likeness (QED) is 0.480. The van der Waals surface area contributed by atoms with Crippen LogP contribution >= 0.6 is 11.6 Å². The lowest BCUT2D eigenvalue weighted by atomic mass is 10.3. The molecule has 18 heavy (non-hydrogen) atoms. The van der Waals surface area contributed by atoms with Crippen LogP contribution in [0, 0.1) is 22.5 Å². The smallest absolute Gasteiger partial charge is 0.271 e. The van der Waals surface area contributed by atoms with E-state index in [1.165, 1.54) is 18.2 Å². The normalized spacial score (nSPS) is 9.33. The number of anilines is 1. The molecule has 0 radical (unpaired) electrons. The van der Waals surface area contributed by atoms with E-state index in [-0.39, 0.29) is 29.7 Å². The van der Waals surface area contributed by atoms with E-state index in [1.807, 2.05) is 0 Å². The molecule has 0 saturated heterocycles. The average Bonchev–Trinajstić information content (AvgIpc) is 2.34. The Hall–Kier alpha value is -2.26. The zero-order chi connectivity index (χ0) is 13.5. The van der Waals surface area contributed by atoms with Crippen LogP contribution in [0.5, 0.6) is 0 Å². The van der Waals surface area contributed by atoms with E-state index in [4.69, 9.17) is 18.0 Å². The third-order valence-electron chi connectivity index (χ3n) is 1.99. The number of non-ortho nitro benzene ring substituents is 1. The van der Waals surface area contributed by atoms with Gasteiger partial charge in [-0.05, 0) is 6.07 Å². The Balaban J connectivity index is 2.61. The van der Waals surface area contributed by atoms with Crippen molar-refractivity contribution in [2.24, 2.45) is 0 Å². The van der Waals surface area contributed by atoms with Gasteiger partial charge in [0.25, 0.3) is 5.69 Å². The summed E-state index contributed by atoms with van der Waals surface area (Å²) in [5.74, 6) is 1.98. The SMILES string of the molecule is C#CCNC(=O)CNc1ccc([N+](=O)[O-])cc1Cl. The number of nitro benzene ring substituents is 1. The van der Waals surface area contributed by atoms with Crippen LogP contribution in [-0.2, 0) is 4.79 Å². The number of terminal acetylenes is 1. The van der Waals surface area contributed by atoms with Gasteiger partial charge in [0, 0.05) is 12.1 Å². The van der Waals surface area contributed by atoms with E-state index in [0.717, 1.165) is 0 Å². The van der Waals surface area contributed by atoms with E-state index in [9.17, 15) is 14.9 Å². The molecule has 0 aliphatic carbocycles.